The third-order valence-electron chi connectivity index (χ3n) is 29.5. The lowest BCUT2D eigenvalue weighted by molar-refractivity contribution is 0.134. The lowest BCUT2D eigenvalue weighted by Crippen LogP contribution is -2.42. The van der Waals surface area contributed by atoms with Gasteiger partial charge in [0.2, 0.25) is 11.9 Å². The minimum Gasteiger partial charge on any atom is -0.497 e. The Hall–Kier alpha value is -16.5. The molecule has 0 saturated heterocycles. The van der Waals surface area contributed by atoms with Crippen LogP contribution < -0.4 is 38.4 Å². The molecule has 0 spiro atoms. The highest BCUT2D eigenvalue weighted by molar-refractivity contribution is 6.31. The van der Waals surface area contributed by atoms with E-state index >= 15 is 0 Å². The average Bonchev–Trinajstić information content (AvgIpc) is 1.59. The van der Waals surface area contributed by atoms with Crippen molar-refractivity contribution < 1.29 is 33.3 Å². The summed E-state index contributed by atoms with van der Waals surface area (Å²) in [6.45, 7) is 23.3. The first kappa shape index (κ1) is 99.5. The van der Waals surface area contributed by atoms with Crippen LogP contribution in [0.1, 0.15) is 193 Å². The summed E-state index contributed by atoms with van der Waals surface area (Å²) in [5, 5.41) is 7.64. The standard InChI is InChI=1S/C28H27ClN2O2.C26H23ClN2O3.C25H26N4.2C23H22N4O/c1-17(2)19-5-7-20(8-6-19)27-26-23(24-16-18(3)4-13-25(24)30-26)14-15-31(27)28(32)33-22-11-9-21(29)10-12-22;1-16-3-12-23-22(15-16)21-13-14-29(26(30)32-20-10-6-18(27)7-11-20)25(24(21)28-23)17-4-8-19(31-2)9-5-17;1-16(2)18-6-8-19(9-7-18)24-23-20(21-15-17(3)5-10-22(21)28-23)11-14-29(24)25-26-12-4-13-27-25;1-15-4-9-20-19(14-15)18-10-13-27(23-24-11-3-12-25-23)22(21(18)26-20)16-5-7-17(28-2)8-6-16;1-15-3-8-20-19(13-15)18-9-12-27(21-14-24-10-11-25-21)23(22(18)26-20)16-4-6-17(28-2)7-5-16/h4-13,16-17,27,30H,14-15H2,1-3H3;3-12,15,25,28H,13-14H2,1-2H3;4-10,12-13,15-16,24,28H,11,14H2,1-3H3;3-9,11-12,14,22,26H,10,13H2,1-2H3;3-8,10-11,13-14,23,26H,9,12H2,1-2H3. The van der Waals surface area contributed by atoms with Crippen LogP contribution in [-0.4, -0.2) is 131 Å². The van der Waals surface area contributed by atoms with E-state index in [9.17, 15) is 9.59 Å². The van der Waals surface area contributed by atoms with E-state index in [2.05, 4.69) is 296 Å². The molecule has 5 N–H and O–H groups in total. The fourth-order valence-corrected chi connectivity index (χ4v) is 22.2. The van der Waals surface area contributed by atoms with Crippen LogP contribution in [0.25, 0.3) is 54.5 Å². The second-order valence-corrected chi connectivity index (χ2v) is 40.7. The molecule has 5 unspecified atom stereocenters. The van der Waals surface area contributed by atoms with Crippen LogP contribution in [0.15, 0.2) is 316 Å². The van der Waals surface area contributed by atoms with Gasteiger partial charge in [-0.3, -0.25) is 14.8 Å². The number of nitrogens with zero attached hydrogens (tertiary/aromatic N) is 11. The lowest BCUT2D eigenvalue weighted by atomic mass is 9.91. The number of halogens is 2. The Morgan fingerprint density at radius 1 is 0.307 bits per heavy atom. The molecule has 5 aliphatic rings. The van der Waals surface area contributed by atoms with Crippen molar-refractivity contribution in [2.45, 2.75) is 136 Å². The smallest absolute Gasteiger partial charge is 0.416 e. The van der Waals surface area contributed by atoms with E-state index in [0.717, 1.165) is 120 Å². The number of aromatic amines is 5. The highest BCUT2D eigenvalue weighted by Crippen LogP contribution is 2.48. The number of nitrogens with one attached hydrogen (secondary N) is 5. The Labute approximate surface area is 883 Å². The predicted octanol–water partition coefficient (Wildman–Crippen LogP) is 28.1. The van der Waals surface area contributed by atoms with E-state index in [1.54, 1.807) is 99.5 Å². The summed E-state index contributed by atoms with van der Waals surface area (Å²) in [5.41, 5.74) is 33.0. The molecule has 0 aliphatic carbocycles. The zero-order chi connectivity index (χ0) is 103. The number of carbonyl (C=O) groups is 2. The maximum atomic E-state index is 13.3. The number of carbonyl (C=O) groups excluding carboxylic acids is 2. The Kier molecular flexibility index (Phi) is 28.8. The summed E-state index contributed by atoms with van der Waals surface area (Å²) in [4.78, 5) is 82.5. The zero-order valence-electron chi connectivity index (χ0n) is 86.2. The SMILES string of the molecule is COc1ccc(C2c3[nH]c4ccc(C)cc4c3CCN2C(=O)Oc2ccc(Cl)cc2)cc1.COc1ccc(C2c3[nH]c4ccc(C)cc4c3CCN2c2cnccn2)cc1.COc1ccc(C2c3[nH]c4ccc(C)cc4c3CCN2c2ncccn2)cc1.Cc1ccc2[nH]c3c(c2c1)CCN(C(=O)Oc1ccc(Cl)cc1)C3c1ccc(C(C)C)cc1.Cc1ccc2[nH]c3c(c2c1)CCN(c1ncccn1)C3c1ccc(C(C)C)cc1. The molecule has 5 aliphatic heterocycles. The van der Waals surface area contributed by atoms with E-state index in [-0.39, 0.29) is 36.3 Å². The maximum absolute atomic E-state index is 13.3. The molecular formula is C125H120Cl2N16O7. The summed E-state index contributed by atoms with van der Waals surface area (Å²) in [6.07, 6.45) is 16.3. The quantitative estimate of drug-likeness (QED) is 0.0640. The van der Waals surface area contributed by atoms with Gasteiger partial charge in [-0.2, -0.15) is 0 Å². The van der Waals surface area contributed by atoms with E-state index in [0.29, 0.717) is 46.5 Å². The van der Waals surface area contributed by atoms with Gasteiger partial charge in [0.25, 0.3) is 0 Å². The minimum atomic E-state index is -0.395. The summed E-state index contributed by atoms with van der Waals surface area (Å²) in [7, 11) is 5.03. The van der Waals surface area contributed by atoms with Gasteiger partial charge in [-0.1, -0.05) is 194 Å². The van der Waals surface area contributed by atoms with Gasteiger partial charge in [0, 0.05) is 163 Å². The van der Waals surface area contributed by atoms with E-state index in [1.165, 1.54) is 144 Å². The summed E-state index contributed by atoms with van der Waals surface area (Å²) in [5.74, 6) is 6.83. The van der Waals surface area contributed by atoms with Crippen LogP contribution in [0.3, 0.4) is 0 Å². The number of methoxy groups -OCH3 is 3. The van der Waals surface area contributed by atoms with E-state index < -0.39 is 6.09 Å². The number of amides is 2. The van der Waals surface area contributed by atoms with Crippen molar-refractivity contribution in [2.75, 3.05) is 68.8 Å². The zero-order valence-corrected chi connectivity index (χ0v) is 87.7. The summed E-state index contributed by atoms with van der Waals surface area (Å²) >= 11 is 12.0. The van der Waals surface area contributed by atoms with Gasteiger partial charge in [-0.15, -0.1) is 0 Å². The first-order chi connectivity index (χ1) is 73.0. The number of anilines is 3. The van der Waals surface area contributed by atoms with Crippen molar-refractivity contribution in [3.8, 4) is 28.7 Å². The van der Waals surface area contributed by atoms with Crippen molar-refractivity contribution in [2.24, 2.45) is 0 Å². The minimum absolute atomic E-state index is 0.0322. The van der Waals surface area contributed by atoms with Crippen LogP contribution in [0.5, 0.6) is 28.7 Å². The van der Waals surface area contributed by atoms with Gasteiger partial charge in [0.1, 0.15) is 46.6 Å². The Bertz CT molecular complexity index is 8020. The number of rotatable bonds is 15. The number of hydrogen-bond donors (Lipinski definition) is 5. The number of ether oxygens (including phenoxy) is 5. The lowest BCUT2D eigenvalue weighted by Gasteiger charge is -2.37. The van der Waals surface area contributed by atoms with Crippen molar-refractivity contribution in [3.05, 3.63) is 449 Å². The third-order valence-corrected chi connectivity index (χ3v) is 30.0. The molecule has 8 aromatic heterocycles. The molecule has 756 valence electrons. The van der Waals surface area contributed by atoms with Crippen LogP contribution in [0.2, 0.25) is 10.0 Å². The van der Waals surface area contributed by atoms with Crippen molar-refractivity contribution in [1.29, 1.82) is 0 Å². The maximum Gasteiger partial charge on any atom is 0.416 e. The highest BCUT2D eigenvalue weighted by Gasteiger charge is 2.41. The number of fused-ring (bicyclic) bond motifs is 15. The van der Waals surface area contributed by atoms with E-state index in [4.69, 9.17) is 46.9 Å². The largest absolute Gasteiger partial charge is 0.497 e. The van der Waals surface area contributed by atoms with Crippen LogP contribution in [0.4, 0.5) is 27.3 Å². The van der Waals surface area contributed by atoms with Crippen molar-refractivity contribution in [1.82, 2.24) is 64.6 Å². The second kappa shape index (κ2) is 43.5. The average molecular weight is 2030 g/mol. The second-order valence-electron chi connectivity index (χ2n) is 39.8. The summed E-state index contributed by atoms with van der Waals surface area (Å²) < 4.78 is 27.5. The molecule has 150 heavy (non-hydrogen) atoms. The van der Waals surface area contributed by atoms with Crippen LogP contribution in [-0.2, 0) is 32.1 Å². The molecule has 12 aromatic carbocycles. The fraction of sp³-hybridized carbons (Fsp3) is 0.232. The molecular weight excluding hydrogens is 1910 g/mol. The molecule has 13 heterocycles. The number of benzene rings is 12. The van der Waals surface area contributed by atoms with Gasteiger partial charge < -0.3 is 63.3 Å². The fourth-order valence-electron chi connectivity index (χ4n) is 21.9. The normalized spacial score (nSPS) is 16.0. The third kappa shape index (κ3) is 20.6. The molecule has 25 heteroatoms. The molecule has 20 aromatic rings. The molecule has 0 saturated carbocycles. The van der Waals surface area contributed by atoms with Crippen molar-refractivity contribution in [3.63, 3.8) is 0 Å². The number of hydrogen-bond acceptors (Lipinski definition) is 16. The molecule has 5 atom stereocenters. The molecule has 0 fully saturated rings. The molecule has 0 bridgehead atoms. The molecule has 23 nitrogen and oxygen atoms in total. The Balaban J connectivity index is 0.000000110. The molecule has 2 amide bonds. The van der Waals surface area contributed by atoms with Crippen LogP contribution >= 0.6 is 23.2 Å². The van der Waals surface area contributed by atoms with Crippen LogP contribution in [0, 0.1) is 34.6 Å². The number of aryl methyl sites for hydroxylation is 5. The first-order valence-corrected chi connectivity index (χ1v) is 52.0. The number of H-pyrrole nitrogens is 5. The molecule has 0 radical (unpaired) electrons. The highest BCUT2D eigenvalue weighted by atomic mass is 35.5. The van der Waals surface area contributed by atoms with E-state index in [1.807, 2.05) is 84.2 Å². The summed E-state index contributed by atoms with van der Waals surface area (Å²) in [6, 6.07) is 91.9. The van der Waals surface area contributed by atoms with Gasteiger partial charge in [-0.05, 0) is 303 Å². The van der Waals surface area contributed by atoms with Gasteiger partial charge in [-0.25, -0.2) is 34.5 Å². The molecule has 25 rings (SSSR count). The predicted molar refractivity (Wildman–Crippen MR) is 599 cm³/mol. The van der Waals surface area contributed by atoms with Gasteiger partial charge in [0.05, 0.1) is 45.7 Å². The van der Waals surface area contributed by atoms with Crippen molar-refractivity contribution >= 4 is 108 Å². The van der Waals surface area contributed by atoms with Gasteiger partial charge >= 0.3 is 12.2 Å². The Morgan fingerprint density at radius 2 is 0.573 bits per heavy atom. The Morgan fingerprint density at radius 3 is 0.860 bits per heavy atom. The first-order valence-electron chi connectivity index (χ1n) is 51.3. The topological polar surface area (TPSA) is 253 Å². The number of aromatic nitrogens is 11. The monoisotopic (exact) mass is 2030 g/mol. The van der Waals surface area contributed by atoms with Gasteiger partial charge in [0.15, 0.2) is 0 Å².